The molecule has 6 nitrogen and oxygen atoms in total. The highest BCUT2D eigenvalue weighted by Crippen LogP contribution is 2.42. The SMILES string of the molecule is CNC(=O)C(OC(C)C)P(=O)(O)O. The summed E-state index contributed by atoms with van der Waals surface area (Å²) in [6.45, 7) is 3.18. The fourth-order valence-corrected chi connectivity index (χ4v) is 1.51. The molecular formula is C6H14NO5P. The molecule has 0 heterocycles. The summed E-state index contributed by atoms with van der Waals surface area (Å²) in [5.41, 5.74) is 0. The summed E-state index contributed by atoms with van der Waals surface area (Å²) in [5.74, 6) is -2.53. The number of nitrogens with one attached hydrogen (secondary N) is 1. The molecule has 0 aromatic heterocycles. The van der Waals surface area contributed by atoms with Crippen LogP contribution >= 0.6 is 7.60 Å². The average molecular weight is 211 g/mol. The van der Waals surface area contributed by atoms with Crippen LogP contribution in [0.5, 0.6) is 0 Å². The van der Waals surface area contributed by atoms with Crippen LogP contribution < -0.4 is 5.32 Å². The van der Waals surface area contributed by atoms with Gasteiger partial charge in [-0.3, -0.25) is 9.36 Å². The van der Waals surface area contributed by atoms with Gasteiger partial charge in [-0.2, -0.15) is 0 Å². The van der Waals surface area contributed by atoms with Crippen LogP contribution in [0.1, 0.15) is 13.8 Å². The van der Waals surface area contributed by atoms with Gasteiger partial charge in [0.2, 0.25) is 5.85 Å². The van der Waals surface area contributed by atoms with Crippen molar-refractivity contribution in [2.24, 2.45) is 0 Å². The van der Waals surface area contributed by atoms with Crippen LogP contribution in [-0.2, 0) is 14.1 Å². The van der Waals surface area contributed by atoms with Gasteiger partial charge in [0, 0.05) is 7.05 Å². The molecule has 0 bridgehead atoms. The molecule has 7 heteroatoms. The van der Waals surface area contributed by atoms with Crippen LogP contribution in [0.2, 0.25) is 0 Å². The summed E-state index contributed by atoms with van der Waals surface area (Å²) in [6.07, 6.45) is -0.421. The minimum atomic E-state index is -4.54. The number of amides is 1. The summed E-state index contributed by atoms with van der Waals surface area (Å²) in [5, 5.41) is 2.12. The maximum Gasteiger partial charge on any atom is 0.363 e. The topological polar surface area (TPSA) is 95.9 Å². The lowest BCUT2D eigenvalue weighted by atomic mass is 10.5. The first kappa shape index (κ1) is 12.6. The number of carbonyl (C=O) groups excluding carboxylic acids is 1. The van der Waals surface area contributed by atoms with Crippen molar-refractivity contribution in [2.75, 3.05) is 7.05 Å². The van der Waals surface area contributed by atoms with Crippen molar-refractivity contribution in [3.63, 3.8) is 0 Å². The third-order valence-electron chi connectivity index (χ3n) is 1.18. The number of carbonyl (C=O) groups is 1. The predicted molar refractivity (Wildman–Crippen MR) is 46.1 cm³/mol. The van der Waals surface area contributed by atoms with Gasteiger partial charge < -0.3 is 19.8 Å². The lowest BCUT2D eigenvalue weighted by Gasteiger charge is -2.19. The van der Waals surface area contributed by atoms with Crippen molar-refractivity contribution in [1.82, 2.24) is 5.32 Å². The third kappa shape index (κ3) is 4.38. The van der Waals surface area contributed by atoms with E-state index in [1.807, 2.05) is 0 Å². The highest BCUT2D eigenvalue weighted by atomic mass is 31.2. The van der Waals surface area contributed by atoms with Crippen LogP contribution in [0.4, 0.5) is 0 Å². The standard InChI is InChI=1S/C6H14NO5P/c1-4(2)12-6(5(8)7-3)13(9,10)11/h4,6H,1-3H3,(H,7,8)(H2,9,10,11). The van der Waals surface area contributed by atoms with E-state index < -0.39 is 25.5 Å². The molecule has 0 rings (SSSR count). The van der Waals surface area contributed by atoms with E-state index in [0.29, 0.717) is 0 Å². The molecule has 0 fully saturated rings. The number of hydrogen-bond donors (Lipinski definition) is 3. The molecule has 1 atom stereocenters. The molecule has 78 valence electrons. The van der Waals surface area contributed by atoms with Crippen molar-refractivity contribution in [1.29, 1.82) is 0 Å². The van der Waals surface area contributed by atoms with Crippen LogP contribution in [0, 0.1) is 0 Å². The van der Waals surface area contributed by atoms with Gasteiger partial charge in [0.15, 0.2) is 0 Å². The Kier molecular flexibility index (Phi) is 4.56. The van der Waals surface area contributed by atoms with Crippen molar-refractivity contribution >= 4 is 13.5 Å². The zero-order valence-corrected chi connectivity index (χ0v) is 8.62. The Hall–Kier alpha value is -0.420. The first-order valence-electron chi connectivity index (χ1n) is 3.71. The second kappa shape index (κ2) is 4.72. The average Bonchev–Trinajstić information content (AvgIpc) is 1.96. The zero-order valence-electron chi connectivity index (χ0n) is 7.72. The highest BCUT2D eigenvalue weighted by Gasteiger charge is 2.36. The fourth-order valence-electron chi connectivity index (χ4n) is 0.675. The Balaban J connectivity index is 4.57. The Morgan fingerprint density at radius 2 is 1.92 bits per heavy atom. The molecule has 0 saturated heterocycles. The van der Waals surface area contributed by atoms with Gasteiger partial charge in [-0.25, -0.2) is 0 Å². The molecule has 0 aromatic carbocycles. The minimum Gasteiger partial charge on any atom is -0.356 e. The predicted octanol–water partition coefficient (Wildman–Crippen LogP) is -0.339. The van der Waals surface area contributed by atoms with E-state index in [0.717, 1.165) is 0 Å². The number of hydrogen-bond acceptors (Lipinski definition) is 3. The summed E-state index contributed by atoms with van der Waals surface area (Å²) in [7, 11) is -3.25. The quantitative estimate of drug-likeness (QED) is 0.553. The highest BCUT2D eigenvalue weighted by molar-refractivity contribution is 7.53. The van der Waals surface area contributed by atoms with Crippen LogP contribution in [0.3, 0.4) is 0 Å². The van der Waals surface area contributed by atoms with Crippen LogP contribution in [0.15, 0.2) is 0 Å². The maximum absolute atomic E-state index is 11.0. The number of rotatable bonds is 4. The molecular weight excluding hydrogens is 197 g/mol. The first-order valence-corrected chi connectivity index (χ1v) is 5.39. The largest absolute Gasteiger partial charge is 0.363 e. The molecule has 1 unspecified atom stereocenters. The smallest absolute Gasteiger partial charge is 0.356 e. The number of likely N-dealkylation sites (N-methyl/N-ethyl adjacent to an activating group) is 1. The second-order valence-electron chi connectivity index (χ2n) is 2.74. The normalized spacial score (nSPS) is 14.3. The van der Waals surface area contributed by atoms with Crippen molar-refractivity contribution in [3.8, 4) is 0 Å². The van der Waals surface area contributed by atoms with E-state index in [2.05, 4.69) is 5.32 Å². The van der Waals surface area contributed by atoms with Crippen LogP contribution in [-0.4, -0.2) is 34.7 Å². The molecule has 0 aliphatic heterocycles. The summed E-state index contributed by atoms with van der Waals surface area (Å²) >= 11 is 0. The maximum atomic E-state index is 11.0. The summed E-state index contributed by atoms with van der Waals surface area (Å²) < 4.78 is 15.6. The van der Waals surface area contributed by atoms with E-state index in [4.69, 9.17) is 14.5 Å². The third-order valence-corrected chi connectivity index (χ3v) is 2.14. The Labute approximate surface area is 76.4 Å². The number of ether oxygens (including phenoxy) is 1. The van der Waals surface area contributed by atoms with Gasteiger partial charge in [0.05, 0.1) is 6.10 Å². The van der Waals surface area contributed by atoms with Gasteiger partial charge in [-0.05, 0) is 13.8 Å². The zero-order chi connectivity index (χ0) is 10.6. The molecule has 3 N–H and O–H groups in total. The summed E-state index contributed by atoms with van der Waals surface area (Å²) in [4.78, 5) is 28.5. The van der Waals surface area contributed by atoms with E-state index in [1.165, 1.54) is 7.05 Å². The molecule has 0 aliphatic carbocycles. The van der Waals surface area contributed by atoms with Gasteiger partial charge in [0.1, 0.15) is 0 Å². The van der Waals surface area contributed by atoms with E-state index >= 15 is 0 Å². The molecule has 0 radical (unpaired) electrons. The van der Waals surface area contributed by atoms with Crippen molar-refractivity contribution < 1.29 is 23.9 Å². The van der Waals surface area contributed by atoms with E-state index in [1.54, 1.807) is 13.8 Å². The van der Waals surface area contributed by atoms with E-state index in [9.17, 15) is 9.36 Å². The molecule has 1 amide bonds. The lowest BCUT2D eigenvalue weighted by molar-refractivity contribution is -0.130. The Bertz CT molecular complexity index is 223. The van der Waals surface area contributed by atoms with Gasteiger partial charge in [0.25, 0.3) is 5.91 Å². The molecule has 0 saturated carbocycles. The Morgan fingerprint density at radius 3 is 2.15 bits per heavy atom. The molecule has 0 aromatic rings. The van der Waals surface area contributed by atoms with E-state index in [-0.39, 0.29) is 0 Å². The lowest BCUT2D eigenvalue weighted by Crippen LogP contribution is -2.35. The van der Waals surface area contributed by atoms with Crippen molar-refractivity contribution in [3.05, 3.63) is 0 Å². The molecule has 0 spiro atoms. The van der Waals surface area contributed by atoms with Gasteiger partial charge >= 0.3 is 7.60 Å². The van der Waals surface area contributed by atoms with Gasteiger partial charge in [-0.1, -0.05) is 0 Å². The van der Waals surface area contributed by atoms with Gasteiger partial charge in [-0.15, -0.1) is 0 Å². The summed E-state index contributed by atoms with van der Waals surface area (Å²) in [6, 6.07) is 0. The van der Waals surface area contributed by atoms with Crippen LogP contribution in [0.25, 0.3) is 0 Å². The first-order chi connectivity index (χ1) is 5.79. The monoisotopic (exact) mass is 211 g/mol. The second-order valence-corrected chi connectivity index (χ2v) is 4.39. The molecule has 0 aliphatic rings. The fraction of sp³-hybridized carbons (Fsp3) is 0.833. The van der Waals surface area contributed by atoms with Crippen molar-refractivity contribution in [2.45, 2.75) is 25.8 Å². The molecule has 13 heavy (non-hydrogen) atoms. The Morgan fingerprint density at radius 1 is 1.46 bits per heavy atom. The minimum absolute atomic E-state index is 0.421.